The predicted octanol–water partition coefficient (Wildman–Crippen LogP) is 3.77. The number of amides is 2. The van der Waals surface area contributed by atoms with Crippen molar-refractivity contribution in [2.24, 2.45) is 5.92 Å². The van der Waals surface area contributed by atoms with Crippen molar-refractivity contribution in [3.05, 3.63) is 68.7 Å². The summed E-state index contributed by atoms with van der Waals surface area (Å²) in [5, 5.41) is 16.3. The number of carbonyl (C=O) groups excluding carboxylic acids is 2. The first-order valence-electron chi connectivity index (χ1n) is 7.90. The Hall–Kier alpha value is -2.93. The van der Waals surface area contributed by atoms with Crippen LogP contribution in [0.15, 0.2) is 42.5 Å². The van der Waals surface area contributed by atoms with Gasteiger partial charge in [0.15, 0.2) is 0 Å². The fourth-order valence-electron chi connectivity index (χ4n) is 2.07. The van der Waals surface area contributed by atoms with Crippen LogP contribution in [0.3, 0.4) is 0 Å². The van der Waals surface area contributed by atoms with Crippen molar-refractivity contribution in [3.8, 4) is 0 Å². The highest BCUT2D eigenvalue weighted by Crippen LogP contribution is 2.25. The molecule has 0 heterocycles. The Morgan fingerprint density at radius 2 is 1.81 bits per heavy atom. The Kier molecular flexibility index (Phi) is 6.30. The van der Waals surface area contributed by atoms with Crippen LogP contribution in [0.5, 0.6) is 0 Å². The van der Waals surface area contributed by atoms with E-state index in [1.54, 1.807) is 38.1 Å². The molecule has 0 fully saturated rings. The molecule has 8 heteroatoms. The first-order valence-corrected chi connectivity index (χ1v) is 8.27. The van der Waals surface area contributed by atoms with Gasteiger partial charge in [0.2, 0.25) is 5.91 Å². The highest BCUT2D eigenvalue weighted by atomic mass is 35.5. The minimum Gasteiger partial charge on any atom is -0.348 e. The largest absolute Gasteiger partial charge is 0.348 e. The van der Waals surface area contributed by atoms with Crippen LogP contribution in [0.4, 0.5) is 11.4 Å². The molecule has 0 atom stereocenters. The number of anilines is 1. The number of rotatable bonds is 6. The SMILES string of the molecule is CC(C)C(=O)Nc1ccc(CNC(=O)c2ccc(Cl)c([N+](=O)[O-])c2)cc1. The number of nitro benzene ring substituents is 1. The van der Waals surface area contributed by atoms with Crippen LogP contribution in [-0.2, 0) is 11.3 Å². The van der Waals surface area contributed by atoms with Crippen molar-refractivity contribution >= 4 is 34.8 Å². The molecule has 0 aliphatic carbocycles. The molecule has 2 rings (SSSR count). The van der Waals surface area contributed by atoms with Gasteiger partial charge in [-0.1, -0.05) is 37.6 Å². The van der Waals surface area contributed by atoms with Gasteiger partial charge in [0, 0.05) is 29.8 Å². The summed E-state index contributed by atoms with van der Waals surface area (Å²) in [6, 6.07) is 10.9. The number of hydrogen-bond donors (Lipinski definition) is 2. The van der Waals surface area contributed by atoms with Crippen molar-refractivity contribution in [2.75, 3.05) is 5.32 Å². The van der Waals surface area contributed by atoms with E-state index in [2.05, 4.69) is 10.6 Å². The van der Waals surface area contributed by atoms with Crippen molar-refractivity contribution < 1.29 is 14.5 Å². The van der Waals surface area contributed by atoms with Crippen LogP contribution in [0, 0.1) is 16.0 Å². The first kappa shape index (κ1) is 19.4. The lowest BCUT2D eigenvalue weighted by atomic mass is 10.1. The van der Waals surface area contributed by atoms with Crippen LogP contribution in [0.2, 0.25) is 5.02 Å². The smallest absolute Gasteiger partial charge is 0.288 e. The third-order valence-corrected chi connectivity index (χ3v) is 3.92. The molecule has 0 aliphatic rings. The van der Waals surface area contributed by atoms with Crippen molar-refractivity contribution in [1.29, 1.82) is 0 Å². The first-order chi connectivity index (χ1) is 12.3. The molecule has 0 spiro atoms. The monoisotopic (exact) mass is 375 g/mol. The number of hydrogen-bond acceptors (Lipinski definition) is 4. The van der Waals surface area contributed by atoms with E-state index in [4.69, 9.17) is 11.6 Å². The maximum Gasteiger partial charge on any atom is 0.288 e. The van der Waals surface area contributed by atoms with E-state index in [9.17, 15) is 19.7 Å². The van der Waals surface area contributed by atoms with Crippen molar-refractivity contribution in [1.82, 2.24) is 5.32 Å². The molecule has 0 aromatic heterocycles. The van der Waals surface area contributed by atoms with E-state index >= 15 is 0 Å². The number of nitro groups is 1. The van der Waals surface area contributed by atoms with Gasteiger partial charge in [0.05, 0.1) is 4.92 Å². The zero-order valence-electron chi connectivity index (χ0n) is 14.3. The lowest BCUT2D eigenvalue weighted by Gasteiger charge is -2.09. The van der Waals surface area contributed by atoms with Crippen molar-refractivity contribution in [2.45, 2.75) is 20.4 Å². The van der Waals surface area contributed by atoms with Gasteiger partial charge in [-0.15, -0.1) is 0 Å². The molecule has 2 amide bonds. The number of carbonyl (C=O) groups is 2. The third-order valence-electron chi connectivity index (χ3n) is 3.60. The predicted molar refractivity (Wildman–Crippen MR) is 99.2 cm³/mol. The van der Waals surface area contributed by atoms with E-state index in [0.29, 0.717) is 5.69 Å². The van der Waals surface area contributed by atoms with Gasteiger partial charge >= 0.3 is 0 Å². The molecule has 136 valence electrons. The maximum absolute atomic E-state index is 12.2. The second kappa shape index (κ2) is 8.44. The normalized spacial score (nSPS) is 10.5. The third kappa shape index (κ3) is 5.03. The highest BCUT2D eigenvalue weighted by molar-refractivity contribution is 6.32. The van der Waals surface area contributed by atoms with Crippen LogP contribution < -0.4 is 10.6 Å². The minimum absolute atomic E-state index is 0.0226. The molecule has 0 saturated carbocycles. The number of halogens is 1. The van der Waals surface area contributed by atoms with Gasteiger partial charge in [-0.2, -0.15) is 0 Å². The molecule has 0 aliphatic heterocycles. The fourth-order valence-corrected chi connectivity index (χ4v) is 2.26. The minimum atomic E-state index is -0.636. The quantitative estimate of drug-likeness (QED) is 0.592. The van der Waals surface area contributed by atoms with Gasteiger partial charge < -0.3 is 10.6 Å². The summed E-state index contributed by atoms with van der Waals surface area (Å²) in [5.74, 6) is -0.630. The zero-order chi connectivity index (χ0) is 19.3. The summed E-state index contributed by atoms with van der Waals surface area (Å²) in [6.07, 6.45) is 0. The van der Waals surface area contributed by atoms with E-state index in [-0.39, 0.29) is 34.6 Å². The van der Waals surface area contributed by atoms with E-state index in [1.165, 1.54) is 12.1 Å². The Morgan fingerprint density at radius 3 is 2.38 bits per heavy atom. The van der Waals surface area contributed by atoms with E-state index in [1.807, 2.05) is 0 Å². The van der Waals surface area contributed by atoms with Gasteiger partial charge in [-0.25, -0.2) is 0 Å². The Morgan fingerprint density at radius 1 is 1.15 bits per heavy atom. The molecule has 2 N–H and O–H groups in total. The second-order valence-corrected chi connectivity index (χ2v) is 6.35. The summed E-state index contributed by atoms with van der Waals surface area (Å²) in [4.78, 5) is 34.1. The molecular formula is C18H18ClN3O4. The summed E-state index contributed by atoms with van der Waals surface area (Å²) in [7, 11) is 0. The van der Waals surface area contributed by atoms with Crippen LogP contribution >= 0.6 is 11.6 Å². The van der Waals surface area contributed by atoms with Crippen molar-refractivity contribution in [3.63, 3.8) is 0 Å². The summed E-state index contributed by atoms with van der Waals surface area (Å²) < 4.78 is 0. The lowest BCUT2D eigenvalue weighted by molar-refractivity contribution is -0.384. The Bertz CT molecular complexity index is 835. The number of nitrogens with zero attached hydrogens (tertiary/aromatic N) is 1. The van der Waals surface area contributed by atoms with Crippen LogP contribution in [-0.4, -0.2) is 16.7 Å². The maximum atomic E-state index is 12.2. The summed E-state index contributed by atoms with van der Waals surface area (Å²) in [5.41, 5.74) is 1.34. The summed E-state index contributed by atoms with van der Waals surface area (Å²) >= 11 is 5.74. The van der Waals surface area contributed by atoms with E-state index in [0.717, 1.165) is 11.6 Å². The molecule has 2 aromatic carbocycles. The van der Waals surface area contributed by atoms with Gasteiger partial charge in [-0.3, -0.25) is 19.7 Å². The van der Waals surface area contributed by atoms with E-state index < -0.39 is 10.8 Å². The molecule has 2 aromatic rings. The highest BCUT2D eigenvalue weighted by Gasteiger charge is 2.16. The number of benzene rings is 2. The molecule has 0 saturated heterocycles. The van der Waals surface area contributed by atoms with Crippen LogP contribution in [0.25, 0.3) is 0 Å². The molecule has 0 unspecified atom stereocenters. The molecule has 7 nitrogen and oxygen atoms in total. The lowest BCUT2D eigenvalue weighted by Crippen LogP contribution is -2.23. The Balaban J connectivity index is 1.98. The Labute approximate surface area is 155 Å². The average Bonchev–Trinajstić information content (AvgIpc) is 2.60. The molecule has 0 radical (unpaired) electrons. The molecule has 26 heavy (non-hydrogen) atoms. The number of nitrogens with one attached hydrogen (secondary N) is 2. The fraction of sp³-hybridized carbons (Fsp3) is 0.222. The van der Waals surface area contributed by atoms with Gasteiger partial charge in [0.25, 0.3) is 11.6 Å². The molecule has 0 bridgehead atoms. The van der Waals surface area contributed by atoms with Gasteiger partial charge in [0.1, 0.15) is 5.02 Å². The average molecular weight is 376 g/mol. The van der Waals surface area contributed by atoms with Crippen LogP contribution in [0.1, 0.15) is 29.8 Å². The standard InChI is InChI=1S/C18H18ClN3O4/c1-11(2)17(23)21-14-6-3-12(4-7-14)10-20-18(24)13-5-8-15(19)16(9-13)22(25)26/h3-9,11H,10H2,1-2H3,(H,20,24)(H,21,23). The van der Waals surface area contributed by atoms with Gasteiger partial charge in [-0.05, 0) is 29.8 Å². The summed E-state index contributed by atoms with van der Waals surface area (Å²) in [6.45, 7) is 3.86. The molecular weight excluding hydrogens is 358 g/mol. The zero-order valence-corrected chi connectivity index (χ0v) is 15.0. The topological polar surface area (TPSA) is 101 Å². The second-order valence-electron chi connectivity index (χ2n) is 5.95.